The molecule has 1 atom stereocenters. The van der Waals surface area contributed by atoms with E-state index in [9.17, 15) is 14.0 Å². The maximum atomic E-state index is 14.4. The maximum absolute atomic E-state index is 14.4. The molecule has 2 aromatic heterocycles. The van der Waals surface area contributed by atoms with Crippen LogP contribution in [0.15, 0.2) is 6.33 Å². The molecular weight excluding hydrogens is 585 g/mol. The van der Waals surface area contributed by atoms with Crippen molar-refractivity contribution in [1.82, 2.24) is 19.5 Å². The van der Waals surface area contributed by atoms with Gasteiger partial charge >= 0.3 is 12.0 Å². The molecule has 1 unspecified atom stereocenters. The molecule has 0 aromatic carbocycles. The van der Waals surface area contributed by atoms with Gasteiger partial charge in [-0.2, -0.15) is 14.4 Å². The van der Waals surface area contributed by atoms with Crippen LogP contribution in [-0.4, -0.2) is 50.7 Å². The Morgan fingerprint density at radius 2 is 1.41 bits per heavy atom. The van der Waals surface area contributed by atoms with Gasteiger partial charge in [0, 0.05) is 32.9 Å². The van der Waals surface area contributed by atoms with Crippen molar-refractivity contribution in [3.8, 4) is 12.3 Å². The van der Waals surface area contributed by atoms with Gasteiger partial charge in [-0.15, -0.1) is 6.42 Å². The van der Waals surface area contributed by atoms with Gasteiger partial charge in [0.05, 0.1) is 6.33 Å². The van der Waals surface area contributed by atoms with Gasteiger partial charge in [-0.25, -0.2) is 4.98 Å². The topological polar surface area (TPSA) is 108 Å². The van der Waals surface area contributed by atoms with Crippen molar-refractivity contribution in [2.75, 3.05) is 19.0 Å². The predicted octanol–water partition coefficient (Wildman–Crippen LogP) is 8.70. The summed E-state index contributed by atoms with van der Waals surface area (Å²) in [5.41, 5.74) is -0.641. The normalized spacial score (nSPS) is 12.6. The van der Waals surface area contributed by atoms with Crippen LogP contribution < -0.4 is 5.32 Å². The fraction of sp³-hybridized carbons (Fsp3) is 0.750. The summed E-state index contributed by atoms with van der Waals surface area (Å²) >= 11 is 0. The zero-order chi connectivity index (χ0) is 33.5. The van der Waals surface area contributed by atoms with Gasteiger partial charge in [-0.3, -0.25) is 9.59 Å². The number of ether oxygens (including phenoxy) is 2. The van der Waals surface area contributed by atoms with Gasteiger partial charge in [0.2, 0.25) is 5.91 Å². The second-order valence-corrected chi connectivity index (χ2v) is 12.4. The summed E-state index contributed by atoms with van der Waals surface area (Å²) < 4.78 is 27.2. The number of hydrogen-bond donors (Lipinski definition) is 1. The first-order chi connectivity index (χ1) is 22.4. The Morgan fingerprint density at radius 1 is 0.870 bits per heavy atom. The number of nitrogens with one attached hydrogen (secondary N) is 1. The predicted molar refractivity (Wildman–Crippen MR) is 182 cm³/mol. The number of terminal acetylenes is 1. The van der Waals surface area contributed by atoms with Gasteiger partial charge in [-0.05, 0) is 12.8 Å². The maximum Gasteiger partial charge on any atom is 0.312 e. The number of hydrogen-bond acceptors (Lipinski definition) is 7. The number of amides is 1. The van der Waals surface area contributed by atoms with E-state index in [2.05, 4.69) is 40.0 Å². The molecule has 0 fully saturated rings. The SMILES string of the molecule is C#CC(CCn1cnc2c(NC(=O)CCCCCCCCCCCCC)nc(F)nc21)(COC(=O)CCCCCCCCC)OC. The third kappa shape index (κ3) is 15.0. The Hall–Kier alpha value is -3.06. The summed E-state index contributed by atoms with van der Waals surface area (Å²) in [7, 11) is 1.47. The first-order valence-corrected chi connectivity index (χ1v) is 17.7. The van der Waals surface area contributed by atoms with Crippen LogP contribution in [0.5, 0.6) is 0 Å². The van der Waals surface area contributed by atoms with Gasteiger partial charge < -0.3 is 19.4 Å². The highest BCUT2D eigenvalue weighted by Crippen LogP contribution is 2.23. The number of aryl methyl sites for hydroxylation is 1. The lowest BCUT2D eigenvalue weighted by Crippen LogP contribution is -2.37. The summed E-state index contributed by atoms with van der Waals surface area (Å²) in [6, 6.07) is 0. The Labute approximate surface area is 276 Å². The standard InChI is InChI=1S/C36H58FN5O4/c1-5-8-10-12-14-15-16-17-19-20-22-24-30(43)39-33-32-34(41-35(37)40-33)42(29-38-32)27-26-36(7-3,45-4)28-46-31(44)25-23-21-18-13-11-9-6-2/h3,29H,5-6,8-28H2,1-2,4H3,(H,39,40,41,43). The van der Waals surface area contributed by atoms with Gasteiger partial charge in [0.1, 0.15) is 6.61 Å². The van der Waals surface area contributed by atoms with Crippen LogP contribution in [0.25, 0.3) is 11.2 Å². The van der Waals surface area contributed by atoms with E-state index < -0.39 is 11.7 Å². The lowest BCUT2D eigenvalue weighted by Gasteiger charge is -2.26. The molecule has 9 nitrogen and oxygen atoms in total. The third-order valence-electron chi connectivity index (χ3n) is 8.56. The van der Waals surface area contributed by atoms with Gasteiger partial charge in [0.15, 0.2) is 22.6 Å². The van der Waals surface area contributed by atoms with Crippen LogP contribution in [-0.2, 0) is 25.6 Å². The number of unbranched alkanes of at least 4 members (excludes halogenated alkanes) is 16. The Bertz CT molecular complexity index is 1200. The summed E-state index contributed by atoms with van der Waals surface area (Å²) in [5.74, 6) is 2.14. The molecule has 0 spiro atoms. The Kier molecular flexibility index (Phi) is 19.8. The highest BCUT2D eigenvalue weighted by molar-refractivity contribution is 5.96. The van der Waals surface area contributed by atoms with E-state index in [-0.39, 0.29) is 42.9 Å². The monoisotopic (exact) mass is 643 g/mol. The number of carbonyl (C=O) groups is 2. The quantitative estimate of drug-likeness (QED) is 0.0449. The molecule has 0 bridgehead atoms. The van der Waals surface area contributed by atoms with Crippen LogP contribution in [0.1, 0.15) is 149 Å². The van der Waals surface area contributed by atoms with E-state index in [0.717, 1.165) is 38.5 Å². The van der Waals surface area contributed by atoms with Gasteiger partial charge in [0.25, 0.3) is 0 Å². The van der Waals surface area contributed by atoms with E-state index >= 15 is 0 Å². The van der Waals surface area contributed by atoms with Crippen molar-refractivity contribution in [3.05, 3.63) is 12.4 Å². The van der Waals surface area contributed by atoms with Crippen LogP contribution in [0.3, 0.4) is 0 Å². The molecule has 0 radical (unpaired) electrons. The number of carbonyl (C=O) groups excluding carboxylic acids is 2. The Morgan fingerprint density at radius 3 is 1.96 bits per heavy atom. The first kappa shape index (κ1) is 39.1. The number of halogens is 1. The molecule has 1 N–H and O–H groups in total. The fourth-order valence-corrected chi connectivity index (χ4v) is 5.52. The molecule has 2 rings (SSSR count). The zero-order valence-electron chi connectivity index (χ0n) is 28.7. The summed E-state index contributed by atoms with van der Waals surface area (Å²) in [6.45, 7) is 4.60. The molecule has 0 aliphatic rings. The van der Waals surface area contributed by atoms with Crippen molar-refractivity contribution >= 4 is 28.9 Å². The number of rotatable bonds is 27. The molecule has 2 heterocycles. The molecule has 10 heteroatoms. The van der Waals surface area contributed by atoms with Crippen molar-refractivity contribution in [1.29, 1.82) is 0 Å². The van der Waals surface area contributed by atoms with Crippen molar-refractivity contribution in [3.63, 3.8) is 0 Å². The molecular formula is C36H58FN5O4. The van der Waals surface area contributed by atoms with E-state index in [1.165, 1.54) is 90.5 Å². The second kappa shape index (κ2) is 23.3. The van der Waals surface area contributed by atoms with Crippen LogP contribution in [0, 0.1) is 18.4 Å². The minimum Gasteiger partial charge on any atom is -0.462 e. The largest absolute Gasteiger partial charge is 0.462 e. The van der Waals surface area contributed by atoms with Crippen molar-refractivity contribution in [2.24, 2.45) is 0 Å². The average Bonchev–Trinajstić information content (AvgIpc) is 3.46. The third-order valence-corrected chi connectivity index (χ3v) is 8.56. The Balaban J connectivity index is 1.81. The molecule has 0 saturated carbocycles. The molecule has 1 amide bonds. The summed E-state index contributed by atoms with van der Waals surface area (Å²) in [4.78, 5) is 37.0. The van der Waals surface area contributed by atoms with Gasteiger partial charge in [-0.1, -0.05) is 123 Å². The molecule has 0 aliphatic carbocycles. The fourth-order valence-electron chi connectivity index (χ4n) is 5.52. The smallest absolute Gasteiger partial charge is 0.312 e. The number of anilines is 1. The highest BCUT2D eigenvalue weighted by atomic mass is 19.1. The molecule has 46 heavy (non-hydrogen) atoms. The number of fused-ring (bicyclic) bond motifs is 1. The highest BCUT2D eigenvalue weighted by Gasteiger charge is 2.30. The molecule has 0 aliphatic heterocycles. The van der Waals surface area contributed by atoms with Crippen molar-refractivity contribution < 1.29 is 23.5 Å². The molecule has 0 saturated heterocycles. The lowest BCUT2D eigenvalue weighted by atomic mass is 10.0. The van der Waals surface area contributed by atoms with Crippen LogP contribution in [0.4, 0.5) is 10.2 Å². The van der Waals surface area contributed by atoms with Crippen LogP contribution >= 0.6 is 0 Å². The van der Waals surface area contributed by atoms with E-state index in [1.54, 1.807) is 4.57 Å². The van der Waals surface area contributed by atoms with Crippen LogP contribution in [0.2, 0.25) is 0 Å². The van der Waals surface area contributed by atoms with E-state index in [4.69, 9.17) is 15.9 Å². The number of methoxy groups -OCH3 is 1. The summed E-state index contributed by atoms with van der Waals surface area (Å²) in [6.07, 6.45) is 28.3. The van der Waals surface area contributed by atoms with E-state index in [1.807, 2.05) is 0 Å². The molecule has 258 valence electrons. The number of esters is 1. The van der Waals surface area contributed by atoms with Crippen molar-refractivity contribution in [2.45, 2.75) is 161 Å². The average molecular weight is 644 g/mol. The lowest BCUT2D eigenvalue weighted by molar-refractivity contribution is -0.150. The minimum atomic E-state index is -1.16. The zero-order valence-corrected chi connectivity index (χ0v) is 28.7. The number of aromatic nitrogens is 4. The summed E-state index contributed by atoms with van der Waals surface area (Å²) in [5, 5.41) is 2.72. The van der Waals surface area contributed by atoms with E-state index in [0.29, 0.717) is 18.4 Å². The number of imidazole rings is 1. The second-order valence-electron chi connectivity index (χ2n) is 12.4. The number of nitrogens with zero attached hydrogens (tertiary/aromatic N) is 4. The minimum absolute atomic E-state index is 0.0450. The molecule has 2 aromatic rings. The first-order valence-electron chi connectivity index (χ1n) is 17.7.